The largest absolute Gasteiger partial charge is 0.351 e. The minimum absolute atomic E-state index is 0.0287. The number of dihydropyridines is 1. The van der Waals surface area contributed by atoms with Gasteiger partial charge in [-0.3, -0.25) is 9.59 Å². The summed E-state index contributed by atoms with van der Waals surface area (Å²) >= 11 is 0. The van der Waals surface area contributed by atoms with Crippen LogP contribution in [0.5, 0.6) is 0 Å². The van der Waals surface area contributed by atoms with Gasteiger partial charge in [-0.15, -0.1) is 0 Å². The third-order valence-corrected chi connectivity index (χ3v) is 7.58. The van der Waals surface area contributed by atoms with Gasteiger partial charge in [-0.2, -0.15) is 9.40 Å². The molecular weight excluding hydrogens is 468 g/mol. The molecule has 0 aliphatic carbocycles. The number of nitrogens with zero attached hydrogens (tertiary/aromatic N) is 5. The Bertz CT molecular complexity index is 1400. The SMILES string of the molecule is CC1=CC(C)=NC(=O)C1CNC(=O)c1cc(C2=CCN(S(C)(=O)=O)CC2)nc2c1cnn2C(C)C. The van der Waals surface area contributed by atoms with Gasteiger partial charge in [0.15, 0.2) is 5.65 Å². The highest BCUT2D eigenvalue weighted by Crippen LogP contribution is 2.28. The number of aromatic nitrogens is 3. The minimum Gasteiger partial charge on any atom is -0.351 e. The lowest BCUT2D eigenvalue weighted by Crippen LogP contribution is -2.35. The van der Waals surface area contributed by atoms with E-state index in [9.17, 15) is 18.0 Å². The van der Waals surface area contributed by atoms with Gasteiger partial charge in [0, 0.05) is 31.4 Å². The molecule has 0 saturated heterocycles. The smallest absolute Gasteiger partial charge is 0.254 e. The van der Waals surface area contributed by atoms with Crippen LogP contribution in [-0.2, 0) is 14.8 Å². The van der Waals surface area contributed by atoms with Crippen LogP contribution in [0.15, 0.2) is 35.0 Å². The Hall–Kier alpha value is -3.18. The van der Waals surface area contributed by atoms with E-state index >= 15 is 0 Å². The average molecular weight is 499 g/mol. The van der Waals surface area contributed by atoms with Crippen molar-refractivity contribution in [1.82, 2.24) is 24.4 Å². The molecule has 0 spiro atoms. The Labute approximate surface area is 204 Å². The Morgan fingerprint density at radius 3 is 2.63 bits per heavy atom. The minimum atomic E-state index is -3.28. The van der Waals surface area contributed by atoms with Crippen LogP contribution in [-0.4, -0.2) is 70.9 Å². The summed E-state index contributed by atoms with van der Waals surface area (Å²) in [5.41, 5.74) is 4.00. The quantitative estimate of drug-likeness (QED) is 0.651. The summed E-state index contributed by atoms with van der Waals surface area (Å²) in [5.74, 6) is -1.09. The van der Waals surface area contributed by atoms with Crippen molar-refractivity contribution >= 4 is 44.2 Å². The fourth-order valence-corrected chi connectivity index (χ4v) is 5.15. The highest BCUT2D eigenvalue weighted by atomic mass is 32.2. The van der Waals surface area contributed by atoms with E-state index in [1.807, 2.05) is 32.9 Å². The van der Waals surface area contributed by atoms with Crippen molar-refractivity contribution in [1.29, 1.82) is 0 Å². The molecule has 11 heteroatoms. The van der Waals surface area contributed by atoms with E-state index in [4.69, 9.17) is 4.98 Å². The molecule has 1 N–H and O–H groups in total. The molecule has 0 aromatic carbocycles. The normalized spacial score (nSPS) is 19.5. The maximum Gasteiger partial charge on any atom is 0.254 e. The Balaban J connectivity index is 1.67. The fourth-order valence-electron chi connectivity index (χ4n) is 4.38. The maximum absolute atomic E-state index is 13.3. The van der Waals surface area contributed by atoms with Gasteiger partial charge in [0.05, 0.1) is 35.0 Å². The Morgan fingerprint density at radius 2 is 2.03 bits per heavy atom. The monoisotopic (exact) mass is 498 g/mol. The third-order valence-electron chi connectivity index (χ3n) is 6.31. The van der Waals surface area contributed by atoms with Crippen LogP contribution in [0.3, 0.4) is 0 Å². The number of pyridine rings is 1. The van der Waals surface area contributed by atoms with E-state index in [0.717, 1.165) is 11.1 Å². The van der Waals surface area contributed by atoms with Gasteiger partial charge < -0.3 is 5.32 Å². The van der Waals surface area contributed by atoms with E-state index in [2.05, 4.69) is 15.4 Å². The second-order valence-corrected chi connectivity index (χ2v) is 11.3. The molecule has 2 amide bonds. The van der Waals surface area contributed by atoms with Crippen LogP contribution in [0.1, 0.15) is 56.2 Å². The van der Waals surface area contributed by atoms with Crippen molar-refractivity contribution < 1.29 is 18.0 Å². The maximum atomic E-state index is 13.3. The fraction of sp³-hybridized carbons (Fsp3) is 0.458. The molecule has 2 aromatic heterocycles. The molecular formula is C24H30N6O4S. The summed E-state index contributed by atoms with van der Waals surface area (Å²) in [6.45, 7) is 8.34. The lowest BCUT2D eigenvalue weighted by Gasteiger charge is -2.24. The van der Waals surface area contributed by atoms with Crippen molar-refractivity contribution in [3.63, 3.8) is 0 Å². The van der Waals surface area contributed by atoms with E-state index in [-0.39, 0.29) is 30.9 Å². The van der Waals surface area contributed by atoms with E-state index in [0.29, 0.717) is 41.0 Å². The molecule has 4 rings (SSSR count). The van der Waals surface area contributed by atoms with Crippen LogP contribution < -0.4 is 5.32 Å². The van der Waals surface area contributed by atoms with Crippen molar-refractivity contribution in [2.45, 2.75) is 40.2 Å². The van der Waals surface area contributed by atoms with Crippen molar-refractivity contribution in [3.8, 4) is 0 Å². The van der Waals surface area contributed by atoms with Gasteiger partial charge in [-0.1, -0.05) is 11.6 Å². The topological polar surface area (TPSA) is 127 Å². The lowest BCUT2D eigenvalue weighted by molar-refractivity contribution is -0.120. The number of carbonyl (C=O) groups is 2. The number of amides is 2. The molecule has 2 aromatic rings. The zero-order valence-electron chi connectivity index (χ0n) is 20.6. The van der Waals surface area contributed by atoms with E-state index < -0.39 is 15.9 Å². The molecule has 35 heavy (non-hydrogen) atoms. The van der Waals surface area contributed by atoms with Gasteiger partial charge in [-0.25, -0.2) is 23.1 Å². The second-order valence-electron chi connectivity index (χ2n) is 9.32. The highest BCUT2D eigenvalue weighted by Gasteiger charge is 2.26. The van der Waals surface area contributed by atoms with Crippen LogP contribution in [0, 0.1) is 5.92 Å². The number of hydrogen-bond donors (Lipinski definition) is 1. The van der Waals surface area contributed by atoms with Crippen LogP contribution in [0.25, 0.3) is 16.6 Å². The third kappa shape index (κ3) is 5.10. The summed E-state index contributed by atoms with van der Waals surface area (Å²) in [6, 6.07) is 1.75. The molecule has 1 unspecified atom stereocenters. The molecule has 1 atom stereocenters. The second kappa shape index (κ2) is 9.46. The van der Waals surface area contributed by atoms with Gasteiger partial charge >= 0.3 is 0 Å². The highest BCUT2D eigenvalue weighted by molar-refractivity contribution is 7.88. The summed E-state index contributed by atoms with van der Waals surface area (Å²) in [7, 11) is -3.28. The Kier molecular flexibility index (Phi) is 6.74. The molecule has 2 aliphatic heterocycles. The zero-order chi connectivity index (χ0) is 25.5. The average Bonchev–Trinajstić information content (AvgIpc) is 3.21. The number of carbonyl (C=O) groups excluding carboxylic acids is 2. The number of nitrogens with one attached hydrogen (secondary N) is 1. The molecule has 0 bridgehead atoms. The summed E-state index contributed by atoms with van der Waals surface area (Å²) in [5, 5.41) is 7.94. The first-order valence-corrected chi connectivity index (χ1v) is 13.4. The Morgan fingerprint density at radius 1 is 1.29 bits per heavy atom. The van der Waals surface area contributed by atoms with Crippen LogP contribution in [0.2, 0.25) is 0 Å². The first-order chi connectivity index (χ1) is 16.5. The van der Waals surface area contributed by atoms with Crippen molar-refractivity contribution in [2.75, 3.05) is 25.9 Å². The molecule has 186 valence electrons. The first-order valence-electron chi connectivity index (χ1n) is 11.5. The summed E-state index contributed by atoms with van der Waals surface area (Å²) in [6.07, 6.45) is 7.00. The van der Waals surface area contributed by atoms with E-state index in [1.54, 1.807) is 23.9 Å². The predicted molar refractivity (Wildman–Crippen MR) is 135 cm³/mol. The van der Waals surface area contributed by atoms with Gasteiger partial charge in [0.1, 0.15) is 0 Å². The van der Waals surface area contributed by atoms with Crippen molar-refractivity contribution in [2.24, 2.45) is 10.9 Å². The number of aliphatic imine (C=N–C) groups is 1. The van der Waals surface area contributed by atoms with Gasteiger partial charge in [0.25, 0.3) is 11.8 Å². The summed E-state index contributed by atoms with van der Waals surface area (Å²) in [4.78, 5) is 34.5. The standard InChI is InChI=1S/C24H30N6O4S/c1-14(2)30-22-20(13-26-30)18(23(31)25-12-19-15(3)10-16(4)27-24(19)32)11-21(28-22)17-6-8-29(9-7-17)35(5,33)34/h6,10-11,13-14,19H,7-9,12H2,1-5H3,(H,25,31). The predicted octanol–water partition coefficient (Wildman–Crippen LogP) is 2.35. The number of hydrogen-bond acceptors (Lipinski definition) is 6. The molecule has 0 radical (unpaired) electrons. The molecule has 4 heterocycles. The molecule has 2 aliphatic rings. The molecule has 0 saturated carbocycles. The van der Waals surface area contributed by atoms with E-state index in [1.165, 1.54) is 10.6 Å². The first kappa shape index (κ1) is 24.9. The van der Waals surface area contributed by atoms with Crippen LogP contribution in [0.4, 0.5) is 0 Å². The number of sulfonamides is 1. The molecule has 0 fully saturated rings. The zero-order valence-corrected chi connectivity index (χ0v) is 21.4. The number of fused-ring (bicyclic) bond motifs is 1. The molecule has 10 nitrogen and oxygen atoms in total. The van der Waals surface area contributed by atoms with Gasteiger partial charge in [0.2, 0.25) is 10.0 Å². The van der Waals surface area contributed by atoms with Crippen molar-refractivity contribution in [3.05, 3.63) is 41.2 Å². The van der Waals surface area contributed by atoms with Crippen LogP contribution >= 0.6 is 0 Å². The summed E-state index contributed by atoms with van der Waals surface area (Å²) < 4.78 is 26.9. The number of rotatable bonds is 6. The lowest BCUT2D eigenvalue weighted by atomic mass is 9.95. The number of allylic oxidation sites excluding steroid dienone is 1. The van der Waals surface area contributed by atoms with Gasteiger partial charge in [-0.05, 0) is 51.8 Å².